The molecule has 0 atom stereocenters. The summed E-state index contributed by atoms with van der Waals surface area (Å²) in [6.45, 7) is 0. The van der Waals surface area contributed by atoms with Gasteiger partial charge in [-0.25, -0.2) is 0 Å². The average Bonchev–Trinajstić information content (AvgIpc) is 2.14. The van der Waals surface area contributed by atoms with Crippen molar-refractivity contribution >= 4 is 28.6 Å². The lowest BCUT2D eigenvalue weighted by Crippen LogP contribution is -1.72. The first kappa shape index (κ1) is 9.32. The van der Waals surface area contributed by atoms with Gasteiger partial charge in [0.05, 0.1) is 22.9 Å². The zero-order valence-corrected chi connectivity index (χ0v) is 8.73. The highest BCUT2D eigenvalue weighted by Gasteiger charge is 1.76. The Labute approximate surface area is 86.6 Å². The van der Waals surface area contributed by atoms with Gasteiger partial charge in [-0.05, 0) is 12.1 Å². The van der Waals surface area contributed by atoms with Crippen molar-refractivity contribution in [3.63, 3.8) is 0 Å². The zero-order valence-electron chi connectivity index (χ0n) is 6.57. The maximum absolute atomic E-state index is 3.05. The summed E-state index contributed by atoms with van der Waals surface area (Å²) < 4.78 is 3.05. The predicted octanol–water partition coefficient (Wildman–Crippen LogP) is 3.57. The maximum atomic E-state index is 3.05. The van der Waals surface area contributed by atoms with Crippen LogP contribution in [0.4, 0.5) is 5.69 Å². The van der Waals surface area contributed by atoms with Gasteiger partial charge in [-0.1, -0.05) is 42.5 Å². The van der Waals surface area contributed by atoms with Crippen molar-refractivity contribution in [3.8, 4) is 0 Å². The minimum Gasteiger partial charge on any atom is -0.328 e. The Morgan fingerprint density at radius 1 is 0.750 bits per heavy atom. The van der Waals surface area contributed by atoms with Crippen LogP contribution in [0.15, 0.2) is 54.6 Å². The van der Waals surface area contributed by atoms with Gasteiger partial charge in [-0.15, -0.1) is 0 Å². The number of anilines is 1. The van der Waals surface area contributed by atoms with Crippen molar-refractivity contribution in [2.45, 2.75) is 0 Å². The van der Waals surface area contributed by atoms with E-state index in [0.29, 0.717) is 0 Å². The molecule has 0 radical (unpaired) electrons. The van der Waals surface area contributed by atoms with Crippen LogP contribution in [0.3, 0.4) is 0 Å². The molecule has 0 aromatic heterocycles. The van der Waals surface area contributed by atoms with Crippen LogP contribution in [0.5, 0.6) is 0 Å². The number of hydrogen-bond acceptors (Lipinski definition) is 1. The van der Waals surface area contributed by atoms with Crippen LogP contribution in [-0.4, -0.2) is 0 Å². The fourth-order valence-electron chi connectivity index (χ4n) is 0.758. The summed E-state index contributed by atoms with van der Waals surface area (Å²) in [6, 6.07) is 18.0. The minimum absolute atomic E-state index is 1.09. The van der Waals surface area contributed by atoms with Crippen molar-refractivity contribution in [2.75, 3.05) is 3.53 Å². The molecule has 2 heteroatoms. The molecule has 0 amide bonds. The van der Waals surface area contributed by atoms with Gasteiger partial charge in [0.2, 0.25) is 0 Å². The summed E-state index contributed by atoms with van der Waals surface area (Å²) in [5.74, 6) is 0. The molecule has 0 saturated carbocycles. The summed E-state index contributed by atoms with van der Waals surface area (Å²) in [6.07, 6.45) is 0. The molecule has 0 aliphatic rings. The van der Waals surface area contributed by atoms with E-state index in [2.05, 4.69) is 26.4 Å². The number of halogens is 1. The largest absolute Gasteiger partial charge is 0.328 e. The Kier molecular flexibility index (Phi) is 4.52. The normalized spacial score (nSPS) is 8.42. The van der Waals surface area contributed by atoms with Crippen LogP contribution >= 0.6 is 22.9 Å². The van der Waals surface area contributed by atoms with Crippen LogP contribution in [0.2, 0.25) is 0 Å². The monoisotopic (exact) mass is 271 g/mol. The van der Waals surface area contributed by atoms with E-state index in [1.807, 2.05) is 54.6 Å². The maximum Gasteiger partial charge on any atom is 0.0560 e. The van der Waals surface area contributed by atoms with Gasteiger partial charge in [0.15, 0.2) is 0 Å². The van der Waals surface area contributed by atoms with E-state index in [1.54, 1.807) is 0 Å². The zero-order chi connectivity index (χ0) is 8.65. The third kappa shape index (κ3) is 3.57. The summed E-state index contributed by atoms with van der Waals surface area (Å²) in [5.41, 5.74) is 1.09. The van der Waals surface area contributed by atoms with Gasteiger partial charge in [0, 0.05) is 5.69 Å². The van der Waals surface area contributed by atoms with Gasteiger partial charge >= 0.3 is 0 Å². The molecule has 1 rings (SSSR count). The molecule has 0 aliphatic carbocycles. The summed E-state index contributed by atoms with van der Waals surface area (Å²) in [4.78, 5) is 0. The van der Waals surface area contributed by atoms with Crippen LogP contribution in [0, 0.1) is 0 Å². The second-order valence-electron chi connectivity index (χ2n) is 2.23. The van der Waals surface area contributed by atoms with E-state index in [1.165, 1.54) is 0 Å². The van der Waals surface area contributed by atoms with Crippen molar-refractivity contribution < 1.29 is 0 Å². The number of nitrogens with one attached hydrogen (secondary N) is 1. The molecule has 0 unspecified atom stereocenters. The molecule has 0 bridgehead atoms. The molecular weight excluding hydrogens is 261 g/mol. The van der Waals surface area contributed by atoms with Crippen LogP contribution in [0.25, 0.3) is 0 Å². The first-order chi connectivity index (χ1) is 5.93. The van der Waals surface area contributed by atoms with Crippen molar-refractivity contribution in [1.82, 2.24) is 0 Å². The molecule has 1 nitrogen and oxygen atoms in total. The molecule has 62 valence electrons. The van der Waals surface area contributed by atoms with Gasteiger partial charge in [-0.3, -0.25) is 0 Å². The summed E-state index contributed by atoms with van der Waals surface area (Å²) >= 11 is 2.11. The topological polar surface area (TPSA) is 12.0 Å². The first-order valence-corrected chi connectivity index (χ1v) is 4.76. The standard InChI is InChI=1S/C10H10IN/c11-12-10-8-6-4-2-1-3-5-7-9-10/h1-9,12H. The fraction of sp³-hybridized carbons (Fsp3) is 0. The van der Waals surface area contributed by atoms with E-state index < -0.39 is 0 Å². The molecule has 1 aromatic carbocycles. The third-order valence-corrected chi connectivity index (χ3v) is 1.95. The second-order valence-corrected chi connectivity index (χ2v) is 2.77. The van der Waals surface area contributed by atoms with Crippen LogP contribution in [-0.2, 0) is 0 Å². The minimum atomic E-state index is 1.09. The van der Waals surface area contributed by atoms with Gasteiger partial charge in [-0.2, -0.15) is 0 Å². The number of hydrogen-bond donors (Lipinski definition) is 1. The first-order valence-electron chi connectivity index (χ1n) is 3.68. The molecule has 12 heavy (non-hydrogen) atoms. The van der Waals surface area contributed by atoms with Gasteiger partial charge in [0.1, 0.15) is 0 Å². The van der Waals surface area contributed by atoms with Crippen LogP contribution < -0.4 is 3.53 Å². The van der Waals surface area contributed by atoms with E-state index in [0.717, 1.165) is 5.69 Å². The quantitative estimate of drug-likeness (QED) is 0.608. The Morgan fingerprint density at radius 2 is 1.17 bits per heavy atom. The Bertz CT molecular complexity index is 260. The Morgan fingerprint density at radius 3 is 1.58 bits per heavy atom. The smallest absolute Gasteiger partial charge is 0.0560 e. The molecule has 1 aromatic rings. The highest BCUT2D eigenvalue weighted by molar-refractivity contribution is 14.1. The molecule has 0 aliphatic heterocycles. The van der Waals surface area contributed by atoms with E-state index in [4.69, 9.17) is 0 Å². The highest BCUT2D eigenvalue weighted by Crippen LogP contribution is 2.03. The van der Waals surface area contributed by atoms with Gasteiger partial charge in [0.25, 0.3) is 0 Å². The lowest BCUT2D eigenvalue weighted by atomic mass is 10.3. The third-order valence-electron chi connectivity index (χ3n) is 1.33. The molecule has 0 spiro atoms. The molecule has 0 heterocycles. The van der Waals surface area contributed by atoms with E-state index >= 15 is 0 Å². The fourth-order valence-corrected chi connectivity index (χ4v) is 1.12. The Balaban J connectivity index is 3.07. The predicted molar refractivity (Wildman–Crippen MR) is 61.7 cm³/mol. The summed E-state index contributed by atoms with van der Waals surface area (Å²) in [7, 11) is 0. The lowest BCUT2D eigenvalue weighted by Gasteiger charge is -1.90. The van der Waals surface area contributed by atoms with Crippen molar-refractivity contribution in [1.29, 1.82) is 0 Å². The summed E-state index contributed by atoms with van der Waals surface area (Å²) in [5, 5.41) is 0. The molecule has 0 fully saturated rings. The molecular formula is C10H10IN. The Hall–Kier alpha value is -0.770. The van der Waals surface area contributed by atoms with E-state index in [-0.39, 0.29) is 0 Å². The number of rotatable bonds is 1. The van der Waals surface area contributed by atoms with Gasteiger partial charge < -0.3 is 3.53 Å². The second kappa shape index (κ2) is 5.83. The average molecular weight is 271 g/mol. The van der Waals surface area contributed by atoms with Crippen LogP contribution in [0.1, 0.15) is 0 Å². The van der Waals surface area contributed by atoms with E-state index in [9.17, 15) is 0 Å². The molecule has 1 N–H and O–H groups in total. The van der Waals surface area contributed by atoms with Crippen molar-refractivity contribution in [2.24, 2.45) is 0 Å². The van der Waals surface area contributed by atoms with Crippen molar-refractivity contribution in [3.05, 3.63) is 54.6 Å². The molecule has 0 saturated heterocycles. The highest BCUT2D eigenvalue weighted by atomic mass is 127. The lowest BCUT2D eigenvalue weighted by molar-refractivity contribution is 1.71. The SMILES string of the molecule is INc1ccccccccc1.